The first-order valence-electron chi connectivity index (χ1n) is 7.74. The average molecular weight is 369 g/mol. The van der Waals surface area contributed by atoms with Crippen LogP contribution < -0.4 is 5.32 Å². The van der Waals surface area contributed by atoms with Crippen LogP contribution in [0.1, 0.15) is 16.3 Å². The molecule has 0 saturated carbocycles. The SMILES string of the molecule is Cc1nnc(NC(=O)N(C)C[C@@H]2C[C@H](F)CN2Cc2cccs2)s1. The summed E-state index contributed by atoms with van der Waals surface area (Å²) >= 11 is 3.00. The molecule has 2 aromatic heterocycles. The monoisotopic (exact) mass is 369 g/mol. The molecule has 0 aromatic carbocycles. The first kappa shape index (κ1) is 17.2. The van der Waals surface area contributed by atoms with Gasteiger partial charge in [-0.1, -0.05) is 17.4 Å². The van der Waals surface area contributed by atoms with E-state index >= 15 is 0 Å². The largest absolute Gasteiger partial charge is 0.326 e. The fourth-order valence-electron chi connectivity index (χ4n) is 2.84. The van der Waals surface area contributed by atoms with Crippen molar-refractivity contribution in [2.75, 3.05) is 25.5 Å². The molecule has 3 heterocycles. The van der Waals surface area contributed by atoms with Crippen LogP contribution in [0, 0.1) is 6.92 Å². The number of aromatic nitrogens is 2. The maximum atomic E-state index is 13.9. The number of rotatable bonds is 5. The molecule has 9 heteroatoms. The molecule has 1 N–H and O–H groups in total. The maximum absolute atomic E-state index is 13.9. The Labute approximate surface area is 148 Å². The van der Waals surface area contributed by atoms with Crippen molar-refractivity contribution in [3.8, 4) is 0 Å². The molecule has 24 heavy (non-hydrogen) atoms. The second-order valence-corrected chi connectivity index (χ2v) is 8.15. The fourth-order valence-corrected chi connectivity index (χ4v) is 4.15. The van der Waals surface area contributed by atoms with E-state index in [1.54, 1.807) is 23.3 Å². The molecule has 0 unspecified atom stereocenters. The van der Waals surface area contributed by atoms with E-state index in [-0.39, 0.29) is 12.1 Å². The van der Waals surface area contributed by atoms with Crippen molar-refractivity contribution in [1.29, 1.82) is 0 Å². The Bertz CT molecular complexity index is 677. The molecule has 1 aliphatic rings. The number of carbonyl (C=O) groups excluding carboxylic acids is 1. The smallest absolute Gasteiger partial charge is 0.323 e. The van der Waals surface area contributed by atoms with Gasteiger partial charge in [-0.15, -0.1) is 21.5 Å². The van der Waals surface area contributed by atoms with Crippen LogP contribution >= 0.6 is 22.7 Å². The molecular weight excluding hydrogens is 349 g/mol. The number of amides is 2. The topological polar surface area (TPSA) is 61.4 Å². The molecule has 1 aliphatic heterocycles. The number of aryl methyl sites for hydroxylation is 1. The van der Waals surface area contributed by atoms with Crippen LogP contribution in [0.2, 0.25) is 0 Å². The molecule has 0 aliphatic carbocycles. The molecule has 2 aromatic rings. The minimum absolute atomic E-state index is 0.0222. The molecule has 6 nitrogen and oxygen atoms in total. The highest BCUT2D eigenvalue weighted by atomic mass is 32.1. The van der Waals surface area contributed by atoms with Gasteiger partial charge in [0.15, 0.2) is 0 Å². The number of halogens is 1. The third kappa shape index (κ3) is 4.28. The van der Waals surface area contributed by atoms with Gasteiger partial charge in [0.2, 0.25) is 5.13 Å². The Kier molecular flexibility index (Phi) is 5.42. The zero-order chi connectivity index (χ0) is 17.1. The Morgan fingerprint density at radius 3 is 3.04 bits per heavy atom. The number of alkyl halides is 1. The number of thiophene rings is 1. The van der Waals surface area contributed by atoms with Gasteiger partial charge in [0.05, 0.1) is 0 Å². The lowest BCUT2D eigenvalue weighted by Gasteiger charge is -2.27. The van der Waals surface area contributed by atoms with Gasteiger partial charge in [0.25, 0.3) is 0 Å². The van der Waals surface area contributed by atoms with E-state index in [4.69, 9.17) is 0 Å². The van der Waals surface area contributed by atoms with E-state index in [1.807, 2.05) is 18.4 Å². The summed E-state index contributed by atoms with van der Waals surface area (Å²) in [6.45, 7) is 3.47. The fraction of sp³-hybridized carbons (Fsp3) is 0.533. The quantitative estimate of drug-likeness (QED) is 0.880. The van der Waals surface area contributed by atoms with Gasteiger partial charge in [-0.2, -0.15) is 0 Å². The summed E-state index contributed by atoms with van der Waals surface area (Å²) in [5, 5.41) is 13.8. The van der Waals surface area contributed by atoms with Crippen LogP contribution in [-0.4, -0.2) is 58.4 Å². The van der Waals surface area contributed by atoms with E-state index < -0.39 is 6.17 Å². The lowest BCUT2D eigenvalue weighted by atomic mass is 10.2. The zero-order valence-electron chi connectivity index (χ0n) is 13.6. The molecule has 0 spiro atoms. The minimum Gasteiger partial charge on any atom is -0.326 e. The van der Waals surface area contributed by atoms with Gasteiger partial charge in [-0.3, -0.25) is 10.2 Å². The van der Waals surface area contributed by atoms with Gasteiger partial charge in [0, 0.05) is 37.6 Å². The maximum Gasteiger partial charge on any atom is 0.323 e. The first-order chi connectivity index (χ1) is 11.5. The summed E-state index contributed by atoms with van der Waals surface area (Å²) in [6.07, 6.45) is -0.377. The number of nitrogens with one attached hydrogen (secondary N) is 1. The van der Waals surface area contributed by atoms with E-state index in [0.29, 0.717) is 24.6 Å². The highest BCUT2D eigenvalue weighted by molar-refractivity contribution is 7.15. The number of likely N-dealkylation sites (N-methyl/N-ethyl adjacent to an activating group) is 1. The summed E-state index contributed by atoms with van der Waals surface area (Å²) in [5.41, 5.74) is 0. The van der Waals surface area contributed by atoms with Crippen molar-refractivity contribution in [2.24, 2.45) is 0 Å². The van der Waals surface area contributed by atoms with Crippen molar-refractivity contribution in [1.82, 2.24) is 20.0 Å². The summed E-state index contributed by atoms with van der Waals surface area (Å²) < 4.78 is 13.9. The Morgan fingerprint density at radius 2 is 2.38 bits per heavy atom. The van der Waals surface area contributed by atoms with Gasteiger partial charge in [-0.05, 0) is 24.8 Å². The molecule has 0 radical (unpaired) electrons. The number of urea groups is 1. The van der Waals surface area contributed by atoms with Crippen LogP contribution in [0.15, 0.2) is 17.5 Å². The molecule has 0 bridgehead atoms. The van der Waals surface area contributed by atoms with Crippen LogP contribution in [0.5, 0.6) is 0 Å². The second-order valence-electron chi connectivity index (χ2n) is 5.93. The van der Waals surface area contributed by atoms with Crippen molar-refractivity contribution < 1.29 is 9.18 Å². The van der Waals surface area contributed by atoms with E-state index in [0.717, 1.165) is 11.6 Å². The van der Waals surface area contributed by atoms with Crippen molar-refractivity contribution in [3.05, 3.63) is 27.4 Å². The highest BCUT2D eigenvalue weighted by Gasteiger charge is 2.33. The van der Waals surface area contributed by atoms with Crippen LogP contribution in [-0.2, 0) is 6.54 Å². The number of hydrogen-bond acceptors (Lipinski definition) is 6. The molecule has 2 atom stereocenters. The number of likely N-dealkylation sites (tertiary alicyclic amines) is 1. The summed E-state index contributed by atoms with van der Waals surface area (Å²) in [6, 6.07) is 3.84. The second kappa shape index (κ2) is 7.54. The lowest BCUT2D eigenvalue weighted by Crippen LogP contribution is -2.42. The molecule has 3 rings (SSSR count). The molecule has 1 fully saturated rings. The predicted octanol–water partition coefficient (Wildman–Crippen LogP) is 2.98. The number of anilines is 1. The van der Waals surface area contributed by atoms with E-state index in [9.17, 15) is 9.18 Å². The standard InChI is InChI=1S/C15H20FN5OS2/c1-10-18-19-14(24-10)17-15(22)20(2)8-12-6-11(16)7-21(12)9-13-4-3-5-23-13/h3-5,11-12H,6-9H2,1-2H3,(H,17,19,22)/t11-,12-/m0/s1. The summed E-state index contributed by atoms with van der Waals surface area (Å²) in [7, 11) is 1.72. The lowest BCUT2D eigenvalue weighted by molar-refractivity contribution is 0.183. The van der Waals surface area contributed by atoms with Crippen LogP contribution in [0.25, 0.3) is 0 Å². The Balaban J connectivity index is 1.57. The van der Waals surface area contributed by atoms with Crippen LogP contribution in [0.3, 0.4) is 0 Å². The van der Waals surface area contributed by atoms with E-state index in [1.165, 1.54) is 16.2 Å². The van der Waals surface area contributed by atoms with Crippen molar-refractivity contribution in [2.45, 2.75) is 32.1 Å². The third-order valence-electron chi connectivity index (χ3n) is 3.99. The highest BCUT2D eigenvalue weighted by Crippen LogP contribution is 2.25. The zero-order valence-corrected chi connectivity index (χ0v) is 15.2. The van der Waals surface area contributed by atoms with E-state index in [2.05, 4.69) is 26.5 Å². The van der Waals surface area contributed by atoms with Crippen LogP contribution in [0.4, 0.5) is 14.3 Å². The summed E-state index contributed by atoms with van der Waals surface area (Å²) in [5.74, 6) is 0. The van der Waals surface area contributed by atoms with Gasteiger partial charge in [0.1, 0.15) is 11.2 Å². The molecule has 1 saturated heterocycles. The van der Waals surface area contributed by atoms with Gasteiger partial charge < -0.3 is 4.90 Å². The molecular formula is C15H20FN5OS2. The summed E-state index contributed by atoms with van der Waals surface area (Å²) in [4.78, 5) is 17.2. The number of hydrogen-bond donors (Lipinski definition) is 1. The third-order valence-corrected chi connectivity index (χ3v) is 5.60. The normalized spacial score (nSPS) is 21.1. The number of nitrogens with zero attached hydrogens (tertiary/aromatic N) is 4. The van der Waals surface area contributed by atoms with Gasteiger partial charge >= 0.3 is 6.03 Å². The van der Waals surface area contributed by atoms with Crippen molar-refractivity contribution >= 4 is 33.8 Å². The molecule has 2 amide bonds. The Morgan fingerprint density at radius 1 is 1.54 bits per heavy atom. The predicted molar refractivity (Wildman–Crippen MR) is 94.3 cm³/mol. The number of carbonyl (C=O) groups is 1. The average Bonchev–Trinajstić information content (AvgIpc) is 3.24. The van der Waals surface area contributed by atoms with Crippen molar-refractivity contribution in [3.63, 3.8) is 0 Å². The molecule has 130 valence electrons. The Hall–Kier alpha value is -1.58. The minimum atomic E-state index is -0.836. The van der Waals surface area contributed by atoms with Gasteiger partial charge in [-0.25, -0.2) is 9.18 Å². The first-order valence-corrected chi connectivity index (χ1v) is 9.43.